The maximum absolute atomic E-state index is 11.8. The molecule has 1 aromatic rings. The second-order valence-electron chi connectivity index (χ2n) is 4.31. The molecular weight excluding hydrogens is 240 g/mol. The van der Waals surface area contributed by atoms with Gasteiger partial charge in [-0.25, -0.2) is 0 Å². The Morgan fingerprint density at radius 2 is 2.21 bits per heavy atom. The van der Waals surface area contributed by atoms with Gasteiger partial charge in [-0.05, 0) is 24.5 Å². The number of carbonyl (C=O) groups excluding carboxylic acids is 1. The van der Waals surface area contributed by atoms with Crippen molar-refractivity contribution in [3.05, 3.63) is 29.3 Å². The minimum absolute atomic E-state index is 0.228. The Labute approximate surface area is 114 Å². The molecule has 19 heavy (non-hydrogen) atoms. The van der Waals surface area contributed by atoms with Crippen molar-refractivity contribution in [2.24, 2.45) is 5.92 Å². The predicted octanol–water partition coefficient (Wildman–Crippen LogP) is 2.42. The Kier molecular flexibility index (Phi) is 5.87. The zero-order chi connectivity index (χ0) is 14.3. The van der Waals surface area contributed by atoms with E-state index in [-0.39, 0.29) is 5.91 Å². The van der Waals surface area contributed by atoms with Gasteiger partial charge in [0, 0.05) is 12.1 Å². The lowest BCUT2D eigenvalue weighted by atomic mass is 10.1. The van der Waals surface area contributed by atoms with E-state index in [0.29, 0.717) is 13.0 Å². The van der Waals surface area contributed by atoms with Gasteiger partial charge in [0.2, 0.25) is 5.91 Å². The number of nitriles is 1. The van der Waals surface area contributed by atoms with Crippen LogP contribution in [0.3, 0.4) is 0 Å². The molecule has 0 spiro atoms. The lowest BCUT2D eigenvalue weighted by molar-refractivity contribution is -0.123. The number of rotatable bonds is 6. The van der Waals surface area contributed by atoms with Crippen LogP contribution in [-0.2, 0) is 17.8 Å². The number of aryl methyl sites for hydroxylation is 1. The molecule has 1 rings (SSSR count). The summed E-state index contributed by atoms with van der Waals surface area (Å²) in [7, 11) is 1.61. The van der Waals surface area contributed by atoms with Crippen molar-refractivity contribution in [1.29, 1.82) is 5.26 Å². The molecule has 1 aromatic carbocycles. The smallest absolute Gasteiger partial charge is 0.237 e. The van der Waals surface area contributed by atoms with Crippen molar-refractivity contribution in [1.82, 2.24) is 5.32 Å². The van der Waals surface area contributed by atoms with E-state index in [1.807, 2.05) is 31.2 Å². The van der Waals surface area contributed by atoms with Crippen LogP contribution < -0.4 is 10.1 Å². The Morgan fingerprint density at radius 3 is 2.74 bits per heavy atom. The summed E-state index contributed by atoms with van der Waals surface area (Å²) in [5.74, 6) is -0.0585. The van der Waals surface area contributed by atoms with Gasteiger partial charge in [-0.2, -0.15) is 5.26 Å². The number of hydrogen-bond donors (Lipinski definition) is 1. The van der Waals surface area contributed by atoms with Gasteiger partial charge in [-0.15, -0.1) is 0 Å². The summed E-state index contributed by atoms with van der Waals surface area (Å²) < 4.78 is 5.27. The van der Waals surface area contributed by atoms with Crippen molar-refractivity contribution in [2.75, 3.05) is 7.11 Å². The van der Waals surface area contributed by atoms with Gasteiger partial charge in [0.05, 0.1) is 13.2 Å². The summed E-state index contributed by atoms with van der Waals surface area (Å²) in [6.07, 6.45) is 1.45. The van der Waals surface area contributed by atoms with Gasteiger partial charge in [-0.1, -0.05) is 26.0 Å². The third-order valence-corrected chi connectivity index (χ3v) is 3.09. The molecular formula is C15H20N2O2. The molecule has 0 saturated carbocycles. The minimum atomic E-state index is -0.583. The van der Waals surface area contributed by atoms with Gasteiger partial charge in [-0.3, -0.25) is 4.79 Å². The van der Waals surface area contributed by atoms with E-state index in [9.17, 15) is 4.79 Å². The van der Waals surface area contributed by atoms with Gasteiger partial charge >= 0.3 is 0 Å². The first-order valence-corrected chi connectivity index (χ1v) is 6.49. The molecule has 0 aliphatic rings. The van der Waals surface area contributed by atoms with E-state index in [1.54, 1.807) is 7.11 Å². The Hall–Kier alpha value is -2.02. The fourth-order valence-electron chi connectivity index (χ4n) is 1.83. The number of ether oxygens (including phenoxy) is 1. The highest BCUT2D eigenvalue weighted by atomic mass is 16.5. The molecule has 4 nitrogen and oxygen atoms in total. The molecule has 0 radical (unpaired) electrons. The molecule has 4 heteroatoms. The summed E-state index contributed by atoms with van der Waals surface area (Å²) in [6.45, 7) is 4.28. The predicted molar refractivity (Wildman–Crippen MR) is 73.6 cm³/mol. The first-order valence-electron chi connectivity index (χ1n) is 6.49. The summed E-state index contributed by atoms with van der Waals surface area (Å²) in [4.78, 5) is 11.8. The fraction of sp³-hybridized carbons (Fsp3) is 0.467. The maximum atomic E-state index is 11.8. The van der Waals surface area contributed by atoms with Crippen molar-refractivity contribution in [2.45, 2.75) is 33.2 Å². The molecule has 0 heterocycles. The Balaban J connectivity index is 2.76. The average Bonchev–Trinajstić information content (AvgIpc) is 2.45. The number of hydrogen-bond acceptors (Lipinski definition) is 3. The van der Waals surface area contributed by atoms with Crippen LogP contribution in [0.4, 0.5) is 0 Å². The summed E-state index contributed by atoms with van der Waals surface area (Å²) >= 11 is 0. The van der Waals surface area contributed by atoms with Crippen molar-refractivity contribution in [3.63, 3.8) is 0 Å². The second-order valence-corrected chi connectivity index (χ2v) is 4.31. The molecule has 1 N–H and O–H groups in total. The molecule has 0 aliphatic heterocycles. The topological polar surface area (TPSA) is 62.1 Å². The molecule has 102 valence electrons. The van der Waals surface area contributed by atoms with Crippen LogP contribution in [0.15, 0.2) is 18.2 Å². The summed E-state index contributed by atoms with van der Waals surface area (Å²) in [5.41, 5.74) is 2.13. The third kappa shape index (κ3) is 3.99. The van der Waals surface area contributed by atoms with Crippen LogP contribution in [0.25, 0.3) is 0 Å². The van der Waals surface area contributed by atoms with Crippen molar-refractivity contribution >= 4 is 5.91 Å². The molecule has 0 saturated heterocycles. The van der Waals surface area contributed by atoms with E-state index >= 15 is 0 Å². The number of benzene rings is 1. The molecule has 0 aliphatic carbocycles. The van der Waals surface area contributed by atoms with Gasteiger partial charge in [0.15, 0.2) is 0 Å². The van der Waals surface area contributed by atoms with Crippen LogP contribution >= 0.6 is 0 Å². The molecule has 1 amide bonds. The number of nitrogens with one attached hydrogen (secondary N) is 1. The van der Waals surface area contributed by atoms with E-state index in [0.717, 1.165) is 17.7 Å². The van der Waals surface area contributed by atoms with Gasteiger partial charge in [0.25, 0.3) is 0 Å². The molecule has 0 fully saturated rings. The standard InChI is InChI=1S/C15H20N2O2/c1-4-11-6-7-14(19-3)13(8-11)10-17-15(18)12(5-2)9-16/h6-8,12H,4-5,10H2,1-3H3,(H,17,18). The minimum Gasteiger partial charge on any atom is -0.496 e. The van der Waals surface area contributed by atoms with Crippen molar-refractivity contribution in [3.8, 4) is 11.8 Å². The van der Waals surface area contributed by atoms with E-state index in [1.165, 1.54) is 5.56 Å². The van der Waals surface area contributed by atoms with Crippen molar-refractivity contribution < 1.29 is 9.53 Å². The molecule has 0 aromatic heterocycles. The third-order valence-electron chi connectivity index (χ3n) is 3.09. The lowest BCUT2D eigenvalue weighted by Gasteiger charge is -2.12. The van der Waals surface area contributed by atoms with Gasteiger partial charge in [0.1, 0.15) is 11.7 Å². The highest BCUT2D eigenvalue weighted by Crippen LogP contribution is 2.20. The monoisotopic (exact) mass is 260 g/mol. The molecule has 1 unspecified atom stereocenters. The summed E-state index contributed by atoms with van der Waals surface area (Å²) in [6, 6.07) is 7.93. The average molecular weight is 260 g/mol. The highest BCUT2D eigenvalue weighted by Gasteiger charge is 2.15. The fourth-order valence-corrected chi connectivity index (χ4v) is 1.83. The van der Waals surface area contributed by atoms with Crippen LogP contribution in [0, 0.1) is 17.2 Å². The summed E-state index contributed by atoms with van der Waals surface area (Å²) in [5, 5.41) is 11.6. The number of amides is 1. The maximum Gasteiger partial charge on any atom is 0.237 e. The second kappa shape index (κ2) is 7.42. The van der Waals surface area contributed by atoms with Crippen LogP contribution in [0.2, 0.25) is 0 Å². The van der Waals surface area contributed by atoms with Crippen LogP contribution in [-0.4, -0.2) is 13.0 Å². The zero-order valence-corrected chi connectivity index (χ0v) is 11.7. The largest absolute Gasteiger partial charge is 0.496 e. The quantitative estimate of drug-likeness (QED) is 0.854. The highest BCUT2D eigenvalue weighted by molar-refractivity contribution is 5.81. The van der Waals surface area contributed by atoms with E-state index < -0.39 is 5.92 Å². The lowest BCUT2D eigenvalue weighted by Crippen LogP contribution is -2.29. The number of nitrogens with zero attached hydrogens (tertiary/aromatic N) is 1. The Morgan fingerprint density at radius 1 is 1.47 bits per heavy atom. The first kappa shape index (κ1) is 15.0. The normalized spacial score (nSPS) is 11.5. The Bertz CT molecular complexity index is 478. The molecule has 1 atom stereocenters. The molecule has 0 bridgehead atoms. The van der Waals surface area contributed by atoms with Crippen LogP contribution in [0.1, 0.15) is 31.4 Å². The van der Waals surface area contributed by atoms with E-state index in [2.05, 4.69) is 12.2 Å². The van der Waals surface area contributed by atoms with Crippen LogP contribution in [0.5, 0.6) is 5.75 Å². The van der Waals surface area contributed by atoms with Gasteiger partial charge < -0.3 is 10.1 Å². The first-order chi connectivity index (χ1) is 9.15. The van der Waals surface area contributed by atoms with E-state index in [4.69, 9.17) is 10.00 Å². The number of methoxy groups -OCH3 is 1. The zero-order valence-electron chi connectivity index (χ0n) is 11.7. The number of carbonyl (C=O) groups is 1. The SMILES string of the molecule is CCc1ccc(OC)c(CNC(=O)C(C#N)CC)c1.